The number of halogens is 1. The Morgan fingerprint density at radius 3 is 2.50 bits per heavy atom. The van der Waals surface area contributed by atoms with Crippen LogP contribution in [-0.2, 0) is 4.79 Å². The van der Waals surface area contributed by atoms with Crippen LogP contribution in [0, 0.1) is 6.92 Å². The average molecular weight is 295 g/mol. The molecule has 0 radical (unpaired) electrons. The first-order chi connectivity index (χ1) is 9.47. The molecule has 0 unspecified atom stereocenters. The minimum absolute atomic E-state index is 0.0845. The van der Waals surface area contributed by atoms with Gasteiger partial charge in [-0.15, -0.1) is 5.10 Å². The molecular formula is C12H11ClN4O3. The minimum atomic E-state index is -1.14. The van der Waals surface area contributed by atoms with Gasteiger partial charge in [-0.05, 0) is 31.2 Å². The van der Waals surface area contributed by atoms with Gasteiger partial charge in [-0.25, -0.2) is 4.98 Å². The number of hydrogen-bond acceptors (Lipinski definition) is 4. The zero-order chi connectivity index (χ0) is 14.7. The molecule has 1 aromatic heterocycles. The number of aromatic amines is 1. The third-order valence-electron chi connectivity index (χ3n) is 2.47. The summed E-state index contributed by atoms with van der Waals surface area (Å²) in [6, 6.07) is 6.26. The molecule has 7 nitrogen and oxygen atoms in total. The summed E-state index contributed by atoms with van der Waals surface area (Å²) in [5.41, 5.74) is 0.407. The van der Waals surface area contributed by atoms with E-state index in [-0.39, 0.29) is 5.82 Å². The summed E-state index contributed by atoms with van der Waals surface area (Å²) in [6.07, 6.45) is 0. The first kappa shape index (κ1) is 14.0. The van der Waals surface area contributed by atoms with Gasteiger partial charge in [0.1, 0.15) is 12.4 Å². The number of anilines is 1. The number of rotatable bonds is 4. The average Bonchev–Trinajstić information content (AvgIpc) is 2.83. The van der Waals surface area contributed by atoms with E-state index in [0.29, 0.717) is 16.5 Å². The fourth-order valence-electron chi connectivity index (χ4n) is 1.60. The Hall–Kier alpha value is -2.41. The second-order valence-electron chi connectivity index (χ2n) is 4.01. The van der Waals surface area contributed by atoms with E-state index in [0.717, 1.165) is 4.90 Å². The van der Waals surface area contributed by atoms with Crippen LogP contribution in [0.25, 0.3) is 0 Å². The fourth-order valence-corrected chi connectivity index (χ4v) is 1.72. The molecule has 0 atom stereocenters. The van der Waals surface area contributed by atoms with Gasteiger partial charge < -0.3 is 5.11 Å². The van der Waals surface area contributed by atoms with Crippen LogP contribution < -0.4 is 4.90 Å². The smallest absolute Gasteiger partial charge is 0.323 e. The van der Waals surface area contributed by atoms with E-state index >= 15 is 0 Å². The molecule has 8 heteroatoms. The predicted octanol–water partition coefficient (Wildman–Crippen LogP) is 1.50. The molecule has 104 valence electrons. The Morgan fingerprint density at radius 2 is 2.00 bits per heavy atom. The van der Waals surface area contributed by atoms with Gasteiger partial charge in [-0.3, -0.25) is 19.6 Å². The summed E-state index contributed by atoms with van der Waals surface area (Å²) in [4.78, 5) is 28.2. The van der Waals surface area contributed by atoms with Crippen LogP contribution in [0.2, 0.25) is 5.02 Å². The summed E-state index contributed by atoms with van der Waals surface area (Å²) >= 11 is 5.77. The van der Waals surface area contributed by atoms with Crippen LogP contribution in [0.3, 0.4) is 0 Å². The lowest BCUT2D eigenvalue weighted by Crippen LogP contribution is -2.36. The van der Waals surface area contributed by atoms with Crippen LogP contribution in [0.4, 0.5) is 5.69 Å². The number of carbonyl (C=O) groups is 2. The maximum Gasteiger partial charge on any atom is 0.323 e. The van der Waals surface area contributed by atoms with Crippen molar-refractivity contribution in [3.63, 3.8) is 0 Å². The van der Waals surface area contributed by atoms with Crippen LogP contribution in [-0.4, -0.2) is 38.7 Å². The van der Waals surface area contributed by atoms with Gasteiger partial charge in [0.15, 0.2) is 0 Å². The molecule has 1 amide bonds. The minimum Gasteiger partial charge on any atom is -0.480 e. The quantitative estimate of drug-likeness (QED) is 0.890. The van der Waals surface area contributed by atoms with Crippen molar-refractivity contribution in [2.24, 2.45) is 0 Å². The zero-order valence-corrected chi connectivity index (χ0v) is 11.3. The number of carboxylic acids is 1. The summed E-state index contributed by atoms with van der Waals surface area (Å²) in [6.45, 7) is 1.15. The summed E-state index contributed by atoms with van der Waals surface area (Å²) in [5.74, 6) is -1.35. The highest BCUT2D eigenvalue weighted by Crippen LogP contribution is 2.19. The van der Waals surface area contributed by atoms with Crippen molar-refractivity contribution < 1.29 is 14.7 Å². The van der Waals surface area contributed by atoms with Crippen molar-refractivity contribution >= 4 is 29.2 Å². The maximum atomic E-state index is 12.3. The van der Waals surface area contributed by atoms with Crippen molar-refractivity contribution in [3.05, 3.63) is 40.9 Å². The summed E-state index contributed by atoms with van der Waals surface area (Å²) < 4.78 is 0. The summed E-state index contributed by atoms with van der Waals surface area (Å²) in [5, 5.41) is 15.7. The Bertz CT molecular complexity index is 638. The lowest BCUT2D eigenvalue weighted by atomic mass is 10.2. The van der Waals surface area contributed by atoms with E-state index in [4.69, 9.17) is 16.7 Å². The van der Waals surface area contributed by atoms with E-state index in [2.05, 4.69) is 15.2 Å². The van der Waals surface area contributed by atoms with Crippen LogP contribution >= 0.6 is 11.6 Å². The highest BCUT2D eigenvalue weighted by molar-refractivity contribution is 6.30. The third kappa shape index (κ3) is 3.12. The molecule has 2 aromatic rings. The lowest BCUT2D eigenvalue weighted by molar-refractivity contribution is -0.135. The van der Waals surface area contributed by atoms with Gasteiger partial charge in [-0.2, -0.15) is 0 Å². The first-order valence-corrected chi connectivity index (χ1v) is 6.03. The van der Waals surface area contributed by atoms with Crippen molar-refractivity contribution in [1.82, 2.24) is 15.2 Å². The monoisotopic (exact) mass is 294 g/mol. The number of hydrogen-bond donors (Lipinski definition) is 2. The Kier molecular flexibility index (Phi) is 3.99. The number of carbonyl (C=O) groups excluding carboxylic acids is 1. The van der Waals surface area contributed by atoms with Gasteiger partial charge in [0.2, 0.25) is 5.82 Å². The summed E-state index contributed by atoms with van der Waals surface area (Å²) in [7, 11) is 0. The van der Waals surface area contributed by atoms with Crippen LogP contribution in [0.15, 0.2) is 24.3 Å². The number of nitrogens with zero attached hydrogens (tertiary/aromatic N) is 3. The topological polar surface area (TPSA) is 99.2 Å². The van der Waals surface area contributed by atoms with Gasteiger partial charge in [0.05, 0.1) is 0 Å². The SMILES string of the molecule is Cc1nc(C(=O)N(CC(=O)O)c2ccc(Cl)cc2)n[nH]1. The Balaban J connectivity index is 2.34. The normalized spacial score (nSPS) is 10.3. The maximum absolute atomic E-state index is 12.3. The van der Waals surface area contributed by atoms with Gasteiger partial charge in [0, 0.05) is 10.7 Å². The Morgan fingerprint density at radius 1 is 1.35 bits per heavy atom. The number of aliphatic carboxylic acids is 1. The molecule has 0 aliphatic carbocycles. The molecule has 0 spiro atoms. The molecule has 0 bridgehead atoms. The highest BCUT2D eigenvalue weighted by atomic mass is 35.5. The van der Waals surface area contributed by atoms with E-state index in [1.807, 2.05) is 0 Å². The van der Waals surface area contributed by atoms with Gasteiger partial charge in [-0.1, -0.05) is 11.6 Å². The molecule has 0 saturated carbocycles. The van der Waals surface area contributed by atoms with Gasteiger partial charge >= 0.3 is 5.97 Å². The third-order valence-corrected chi connectivity index (χ3v) is 2.72. The molecule has 0 saturated heterocycles. The van der Waals surface area contributed by atoms with Crippen molar-refractivity contribution in [2.75, 3.05) is 11.4 Å². The first-order valence-electron chi connectivity index (χ1n) is 5.65. The second-order valence-corrected chi connectivity index (χ2v) is 4.44. The van der Waals surface area contributed by atoms with Crippen LogP contribution in [0.1, 0.15) is 16.4 Å². The van der Waals surface area contributed by atoms with Crippen LogP contribution in [0.5, 0.6) is 0 Å². The number of nitrogens with one attached hydrogen (secondary N) is 1. The number of aromatic nitrogens is 3. The lowest BCUT2D eigenvalue weighted by Gasteiger charge is -2.19. The largest absolute Gasteiger partial charge is 0.480 e. The number of benzene rings is 1. The van der Waals surface area contributed by atoms with E-state index in [9.17, 15) is 9.59 Å². The second kappa shape index (κ2) is 5.70. The Labute approximate surface area is 119 Å². The molecular weight excluding hydrogens is 284 g/mol. The fraction of sp³-hybridized carbons (Fsp3) is 0.167. The molecule has 2 N–H and O–H groups in total. The highest BCUT2D eigenvalue weighted by Gasteiger charge is 2.23. The van der Waals surface area contributed by atoms with E-state index in [1.54, 1.807) is 31.2 Å². The standard InChI is InChI=1S/C12H11ClN4O3/c1-7-14-11(16-15-7)12(20)17(6-10(18)19)9-4-2-8(13)3-5-9/h2-5H,6H2,1H3,(H,18,19)(H,14,15,16). The molecule has 0 fully saturated rings. The van der Waals surface area contributed by atoms with Crippen molar-refractivity contribution in [1.29, 1.82) is 0 Å². The molecule has 0 aliphatic rings. The molecule has 1 heterocycles. The molecule has 2 rings (SSSR count). The predicted molar refractivity (Wildman–Crippen MR) is 71.9 cm³/mol. The number of carboxylic acid groups (broad SMARTS) is 1. The van der Waals surface area contributed by atoms with E-state index in [1.165, 1.54) is 0 Å². The van der Waals surface area contributed by atoms with Crippen molar-refractivity contribution in [3.8, 4) is 0 Å². The van der Waals surface area contributed by atoms with E-state index < -0.39 is 18.4 Å². The zero-order valence-electron chi connectivity index (χ0n) is 10.5. The molecule has 20 heavy (non-hydrogen) atoms. The number of amides is 1. The van der Waals surface area contributed by atoms with Gasteiger partial charge in [0.25, 0.3) is 5.91 Å². The molecule has 0 aliphatic heterocycles. The number of H-pyrrole nitrogens is 1. The van der Waals surface area contributed by atoms with Crippen molar-refractivity contribution in [2.45, 2.75) is 6.92 Å². The molecule has 1 aromatic carbocycles. The number of aryl methyl sites for hydroxylation is 1.